The molecule has 0 radical (unpaired) electrons. The van der Waals surface area contributed by atoms with Gasteiger partial charge in [-0.2, -0.15) is 5.10 Å². The van der Waals surface area contributed by atoms with Gasteiger partial charge in [0.1, 0.15) is 11.6 Å². The van der Waals surface area contributed by atoms with Crippen LogP contribution in [0.2, 0.25) is 0 Å². The van der Waals surface area contributed by atoms with Gasteiger partial charge in [-0.15, -0.1) is 11.8 Å². The number of nitrogens with one attached hydrogen (secondary N) is 1. The summed E-state index contributed by atoms with van der Waals surface area (Å²) in [5.74, 6) is 2.94. The van der Waals surface area contributed by atoms with Gasteiger partial charge in [-0.1, -0.05) is 12.1 Å². The molecule has 3 rings (SSSR count). The maximum Gasteiger partial charge on any atom is 0.235 e. The summed E-state index contributed by atoms with van der Waals surface area (Å²) in [4.78, 5) is 13.4. The molecule has 0 atom stereocenters. The number of methoxy groups -OCH3 is 2. The molecule has 0 aliphatic heterocycles. The highest BCUT2D eigenvalue weighted by atomic mass is 32.2. The molecule has 0 aliphatic carbocycles. The van der Waals surface area contributed by atoms with E-state index in [9.17, 15) is 4.79 Å². The summed E-state index contributed by atoms with van der Waals surface area (Å²) in [6.45, 7) is 3.02. The lowest BCUT2D eigenvalue weighted by Gasteiger charge is -2.14. The van der Waals surface area contributed by atoms with Crippen LogP contribution in [0.4, 0.5) is 5.82 Å². The van der Waals surface area contributed by atoms with E-state index in [4.69, 9.17) is 14.2 Å². The predicted octanol–water partition coefficient (Wildman–Crippen LogP) is 4.08. The van der Waals surface area contributed by atoms with Gasteiger partial charge in [-0.05, 0) is 37.3 Å². The van der Waals surface area contributed by atoms with Crippen LogP contribution in [0.25, 0.3) is 0 Å². The molecule has 0 aliphatic rings. The van der Waals surface area contributed by atoms with Crippen molar-refractivity contribution in [2.75, 3.05) is 31.9 Å². The number of carbonyl (C=O) groups excluding carboxylic acids is 1. The number of ether oxygens (including phenoxy) is 3. The first-order valence-corrected chi connectivity index (χ1v) is 10.5. The number of rotatable bonds is 10. The Kier molecular flexibility index (Phi) is 7.62. The number of benzene rings is 2. The molecule has 8 heteroatoms. The van der Waals surface area contributed by atoms with Crippen LogP contribution in [-0.4, -0.2) is 42.3 Å². The third kappa shape index (κ3) is 5.48. The number of hydrogen-bond acceptors (Lipinski definition) is 6. The minimum atomic E-state index is -0.103. The topological polar surface area (TPSA) is 74.6 Å². The summed E-state index contributed by atoms with van der Waals surface area (Å²) < 4.78 is 18.0. The molecule has 1 aromatic heterocycles. The Morgan fingerprint density at radius 3 is 2.60 bits per heavy atom. The number of para-hydroxylation sites is 1. The summed E-state index contributed by atoms with van der Waals surface area (Å²) >= 11 is 1.46. The molecule has 3 aromatic rings. The van der Waals surface area contributed by atoms with Crippen molar-refractivity contribution in [1.82, 2.24) is 9.78 Å². The van der Waals surface area contributed by atoms with E-state index in [1.54, 1.807) is 31.2 Å². The number of carbonyl (C=O) groups is 1. The standard InChI is InChI=1S/C22H25N3O4S/c1-4-29-17-8-10-18(11-9-17)30-15-21(26)24-20-12-13-23-25(20)14-16-6-5-7-19(27-2)22(16)28-3/h5-13H,4,14-15H2,1-3H3,(H,24,26). The van der Waals surface area contributed by atoms with Crippen molar-refractivity contribution in [1.29, 1.82) is 0 Å². The first-order valence-electron chi connectivity index (χ1n) is 9.51. The van der Waals surface area contributed by atoms with Crippen LogP contribution in [0.5, 0.6) is 17.2 Å². The lowest BCUT2D eigenvalue weighted by molar-refractivity contribution is -0.113. The Morgan fingerprint density at radius 1 is 1.10 bits per heavy atom. The van der Waals surface area contributed by atoms with E-state index in [1.807, 2.05) is 49.4 Å². The van der Waals surface area contributed by atoms with Gasteiger partial charge in [0.15, 0.2) is 11.5 Å². The Balaban J connectivity index is 1.61. The second kappa shape index (κ2) is 10.6. The summed E-state index contributed by atoms with van der Waals surface area (Å²) in [5.41, 5.74) is 0.903. The molecule has 0 saturated heterocycles. The lowest BCUT2D eigenvalue weighted by Crippen LogP contribution is -2.18. The van der Waals surface area contributed by atoms with E-state index >= 15 is 0 Å². The monoisotopic (exact) mass is 427 g/mol. The number of hydrogen-bond donors (Lipinski definition) is 1. The van der Waals surface area contributed by atoms with Crippen molar-refractivity contribution >= 4 is 23.5 Å². The molecule has 158 valence electrons. The quantitative estimate of drug-likeness (QED) is 0.492. The maximum absolute atomic E-state index is 12.4. The van der Waals surface area contributed by atoms with Crippen molar-refractivity contribution in [2.45, 2.75) is 18.4 Å². The van der Waals surface area contributed by atoms with Gasteiger partial charge < -0.3 is 19.5 Å². The minimum absolute atomic E-state index is 0.103. The van der Waals surface area contributed by atoms with Crippen molar-refractivity contribution in [3.63, 3.8) is 0 Å². The predicted molar refractivity (Wildman–Crippen MR) is 118 cm³/mol. The van der Waals surface area contributed by atoms with Crippen LogP contribution in [0.15, 0.2) is 59.6 Å². The summed E-state index contributed by atoms with van der Waals surface area (Å²) in [6.07, 6.45) is 1.65. The molecule has 7 nitrogen and oxygen atoms in total. The zero-order valence-electron chi connectivity index (χ0n) is 17.3. The van der Waals surface area contributed by atoms with E-state index in [1.165, 1.54) is 11.8 Å². The zero-order valence-corrected chi connectivity index (χ0v) is 18.1. The van der Waals surface area contributed by atoms with E-state index in [-0.39, 0.29) is 5.91 Å². The highest BCUT2D eigenvalue weighted by Gasteiger charge is 2.13. The number of amides is 1. The molecular weight excluding hydrogens is 402 g/mol. The fraction of sp³-hybridized carbons (Fsp3) is 0.273. The van der Waals surface area contributed by atoms with Gasteiger partial charge >= 0.3 is 0 Å². The molecule has 0 bridgehead atoms. The smallest absolute Gasteiger partial charge is 0.235 e. The third-order valence-electron chi connectivity index (χ3n) is 4.29. The molecule has 0 fully saturated rings. The van der Waals surface area contributed by atoms with Crippen LogP contribution >= 0.6 is 11.8 Å². The van der Waals surface area contributed by atoms with Crippen LogP contribution in [0.3, 0.4) is 0 Å². The average Bonchev–Trinajstić information content (AvgIpc) is 3.19. The molecule has 2 aromatic carbocycles. The molecule has 0 spiro atoms. The van der Waals surface area contributed by atoms with E-state index in [0.29, 0.717) is 36.2 Å². The summed E-state index contributed by atoms with van der Waals surface area (Å²) in [6, 6.07) is 15.1. The van der Waals surface area contributed by atoms with Gasteiger partial charge in [0.2, 0.25) is 5.91 Å². The summed E-state index contributed by atoms with van der Waals surface area (Å²) in [7, 11) is 3.20. The van der Waals surface area contributed by atoms with Gasteiger partial charge in [-0.3, -0.25) is 4.79 Å². The second-order valence-corrected chi connectivity index (χ2v) is 7.32. The van der Waals surface area contributed by atoms with Crippen molar-refractivity contribution in [3.8, 4) is 17.2 Å². The van der Waals surface area contributed by atoms with Crippen LogP contribution in [0.1, 0.15) is 12.5 Å². The fourth-order valence-corrected chi connectivity index (χ4v) is 3.63. The lowest BCUT2D eigenvalue weighted by atomic mass is 10.2. The second-order valence-electron chi connectivity index (χ2n) is 6.27. The van der Waals surface area contributed by atoms with Crippen molar-refractivity contribution in [3.05, 3.63) is 60.3 Å². The SMILES string of the molecule is CCOc1ccc(SCC(=O)Nc2ccnn2Cc2cccc(OC)c2OC)cc1. The van der Waals surface area contributed by atoms with E-state index in [0.717, 1.165) is 16.2 Å². The minimum Gasteiger partial charge on any atom is -0.494 e. The molecule has 0 saturated carbocycles. The maximum atomic E-state index is 12.4. The van der Waals surface area contributed by atoms with Crippen LogP contribution in [-0.2, 0) is 11.3 Å². The van der Waals surface area contributed by atoms with Gasteiger partial charge in [0.25, 0.3) is 0 Å². The Bertz CT molecular complexity index is 973. The number of nitrogens with zero attached hydrogens (tertiary/aromatic N) is 2. The highest BCUT2D eigenvalue weighted by Crippen LogP contribution is 2.31. The Hall–Kier alpha value is -3.13. The highest BCUT2D eigenvalue weighted by molar-refractivity contribution is 8.00. The molecule has 0 unspecified atom stereocenters. The molecular formula is C22H25N3O4S. The van der Waals surface area contributed by atoms with Gasteiger partial charge in [0.05, 0.1) is 39.3 Å². The number of anilines is 1. The molecule has 1 N–H and O–H groups in total. The van der Waals surface area contributed by atoms with E-state index < -0.39 is 0 Å². The van der Waals surface area contributed by atoms with Gasteiger partial charge in [-0.25, -0.2) is 4.68 Å². The normalized spacial score (nSPS) is 10.5. The third-order valence-corrected chi connectivity index (χ3v) is 5.31. The fourth-order valence-electron chi connectivity index (χ4n) is 2.93. The van der Waals surface area contributed by atoms with Crippen molar-refractivity contribution < 1.29 is 19.0 Å². The molecule has 1 amide bonds. The first kappa shape index (κ1) is 21.6. The Labute approximate surface area is 180 Å². The zero-order chi connectivity index (χ0) is 21.3. The first-order chi connectivity index (χ1) is 14.6. The summed E-state index contributed by atoms with van der Waals surface area (Å²) in [5, 5.41) is 7.25. The van der Waals surface area contributed by atoms with Gasteiger partial charge in [0, 0.05) is 16.5 Å². The van der Waals surface area contributed by atoms with E-state index in [2.05, 4.69) is 10.4 Å². The largest absolute Gasteiger partial charge is 0.494 e. The number of aromatic nitrogens is 2. The Morgan fingerprint density at radius 2 is 1.90 bits per heavy atom. The van der Waals surface area contributed by atoms with Crippen molar-refractivity contribution in [2.24, 2.45) is 0 Å². The molecule has 30 heavy (non-hydrogen) atoms. The average molecular weight is 428 g/mol. The van der Waals surface area contributed by atoms with Crippen LogP contribution < -0.4 is 19.5 Å². The number of thioether (sulfide) groups is 1. The molecule has 1 heterocycles. The van der Waals surface area contributed by atoms with Crippen LogP contribution in [0, 0.1) is 0 Å².